The highest BCUT2D eigenvalue weighted by atomic mass is 16.5. The van der Waals surface area contributed by atoms with Crippen molar-refractivity contribution in [1.29, 1.82) is 0 Å². The van der Waals surface area contributed by atoms with E-state index >= 15 is 0 Å². The first-order valence-corrected chi connectivity index (χ1v) is 8.08. The molecule has 2 fully saturated rings. The molecule has 1 aromatic carbocycles. The molecule has 116 valence electrons. The third kappa shape index (κ3) is 3.50. The summed E-state index contributed by atoms with van der Waals surface area (Å²) < 4.78 is 5.32. The van der Waals surface area contributed by atoms with Gasteiger partial charge in [0.15, 0.2) is 0 Å². The summed E-state index contributed by atoms with van der Waals surface area (Å²) in [5.41, 5.74) is 1.28. The number of nitrogens with zero attached hydrogens (tertiary/aromatic N) is 2. The zero-order valence-electron chi connectivity index (χ0n) is 13.2. The smallest absolute Gasteiger partial charge is 0.120 e. The highest BCUT2D eigenvalue weighted by Gasteiger charge is 2.26. The predicted octanol–water partition coefficient (Wildman–Crippen LogP) is 1.67. The molecule has 1 N–H and O–H groups in total. The summed E-state index contributed by atoms with van der Waals surface area (Å²) in [4.78, 5) is 5.10. The van der Waals surface area contributed by atoms with Crippen molar-refractivity contribution in [2.45, 2.75) is 6.92 Å². The second-order valence-corrected chi connectivity index (χ2v) is 6.38. The molecule has 0 unspecified atom stereocenters. The number of ether oxygens (including phenoxy) is 1. The first-order chi connectivity index (χ1) is 10.3. The second kappa shape index (κ2) is 6.67. The first-order valence-electron chi connectivity index (χ1n) is 8.08. The lowest BCUT2D eigenvalue weighted by atomic mass is 9.97. The van der Waals surface area contributed by atoms with Crippen LogP contribution in [0.25, 0.3) is 0 Å². The van der Waals surface area contributed by atoms with E-state index in [4.69, 9.17) is 4.74 Å². The van der Waals surface area contributed by atoms with E-state index in [0.717, 1.165) is 30.7 Å². The van der Waals surface area contributed by atoms with Crippen LogP contribution in [0.4, 0.5) is 5.69 Å². The Morgan fingerprint density at radius 2 is 2.00 bits per heavy atom. The lowest BCUT2D eigenvalue weighted by molar-refractivity contribution is 0.207. The lowest BCUT2D eigenvalue weighted by Gasteiger charge is -2.37. The van der Waals surface area contributed by atoms with Crippen molar-refractivity contribution >= 4 is 5.69 Å². The largest absolute Gasteiger partial charge is 0.497 e. The van der Waals surface area contributed by atoms with Crippen LogP contribution in [0.5, 0.6) is 5.75 Å². The molecule has 2 heterocycles. The predicted molar refractivity (Wildman–Crippen MR) is 87.2 cm³/mol. The molecule has 2 aliphatic heterocycles. The fourth-order valence-corrected chi connectivity index (χ4v) is 3.44. The summed E-state index contributed by atoms with van der Waals surface area (Å²) in [6.07, 6.45) is 0. The van der Waals surface area contributed by atoms with Crippen molar-refractivity contribution in [2.24, 2.45) is 11.8 Å². The Morgan fingerprint density at radius 1 is 1.19 bits per heavy atom. The lowest BCUT2D eigenvalue weighted by Crippen LogP contribution is -2.48. The van der Waals surface area contributed by atoms with Crippen LogP contribution in [0.1, 0.15) is 6.92 Å². The Hall–Kier alpha value is -1.26. The van der Waals surface area contributed by atoms with Crippen molar-refractivity contribution in [1.82, 2.24) is 10.2 Å². The maximum Gasteiger partial charge on any atom is 0.120 e. The zero-order valence-corrected chi connectivity index (χ0v) is 13.2. The van der Waals surface area contributed by atoms with E-state index in [1.807, 2.05) is 6.07 Å². The quantitative estimate of drug-likeness (QED) is 0.912. The SMILES string of the molecule is COc1cccc(N2CCN(C[C@@H]3CNC[C@H]3C)CC2)c1. The minimum Gasteiger partial charge on any atom is -0.497 e. The number of rotatable bonds is 4. The van der Waals surface area contributed by atoms with Crippen LogP contribution in [0.2, 0.25) is 0 Å². The second-order valence-electron chi connectivity index (χ2n) is 6.38. The number of methoxy groups -OCH3 is 1. The number of nitrogens with one attached hydrogen (secondary N) is 1. The minimum absolute atomic E-state index is 0.821. The van der Waals surface area contributed by atoms with Crippen LogP contribution in [0, 0.1) is 11.8 Å². The van der Waals surface area contributed by atoms with Gasteiger partial charge in [-0.05, 0) is 37.1 Å². The van der Waals surface area contributed by atoms with Crippen molar-refractivity contribution < 1.29 is 4.74 Å². The summed E-state index contributed by atoms with van der Waals surface area (Å²) in [7, 11) is 1.73. The van der Waals surface area contributed by atoms with E-state index in [0.29, 0.717) is 0 Å². The van der Waals surface area contributed by atoms with E-state index in [9.17, 15) is 0 Å². The molecule has 4 heteroatoms. The van der Waals surface area contributed by atoms with Gasteiger partial charge in [-0.3, -0.25) is 4.90 Å². The van der Waals surface area contributed by atoms with Gasteiger partial charge in [-0.25, -0.2) is 0 Å². The molecule has 4 nitrogen and oxygen atoms in total. The molecule has 0 radical (unpaired) electrons. The van der Waals surface area contributed by atoms with Crippen LogP contribution in [0.3, 0.4) is 0 Å². The topological polar surface area (TPSA) is 27.7 Å². The first kappa shape index (κ1) is 14.7. The maximum atomic E-state index is 5.32. The molecule has 0 aromatic heterocycles. The molecule has 0 amide bonds. The van der Waals surface area contributed by atoms with Gasteiger partial charge in [0.2, 0.25) is 0 Å². The van der Waals surface area contributed by atoms with E-state index in [1.165, 1.54) is 38.4 Å². The molecule has 2 saturated heterocycles. The average molecular weight is 289 g/mol. The Bertz CT molecular complexity index is 457. The van der Waals surface area contributed by atoms with E-state index in [2.05, 4.69) is 40.2 Å². The zero-order chi connectivity index (χ0) is 14.7. The summed E-state index contributed by atoms with van der Waals surface area (Å²) in [5, 5.41) is 3.51. The van der Waals surface area contributed by atoms with Crippen LogP contribution in [0.15, 0.2) is 24.3 Å². The summed E-state index contributed by atoms with van der Waals surface area (Å²) >= 11 is 0. The van der Waals surface area contributed by atoms with Crippen molar-refractivity contribution in [3.05, 3.63) is 24.3 Å². The molecule has 0 bridgehead atoms. The van der Waals surface area contributed by atoms with Gasteiger partial charge in [-0.2, -0.15) is 0 Å². The molecule has 0 saturated carbocycles. The van der Waals surface area contributed by atoms with E-state index in [1.54, 1.807) is 7.11 Å². The third-order valence-corrected chi connectivity index (χ3v) is 4.96. The Morgan fingerprint density at radius 3 is 2.67 bits per heavy atom. The van der Waals surface area contributed by atoms with Crippen molar-refractivity contribution in [3.63, 3.8) is 0 Å². The number of hydrogen-bond acceptors (Lipinski definition) is 4. The highest BCUT2D eigenvalue weighted by molar-refractivity contribution is 5.51. The maximum absolute atomic E-state index is 5.32. The van der Waals surface area contributed by atoms with Gasteiger partial charge in [0, 0.05) is 44.5 Å². The fourth-order valence-electron chi connectivity index (χ4n) is 3.44. The van der Waals surface area contributed by atoms with Crippen LogP contribution >= 0.6 is 0 Å². The normalized spacial score (nSPS) is 27.0. The fraction of sp³-hybridized carbons (Fsp3) is 0.647. The van der Waals surface area contributed by atoms with Crippen molar-refractivity contribution in [3.8, 4) is 5.75 Å². The molecule has 1 aromatic rings. The van der Waals surface area contributed by atoms with Gasteiger partial charge in [-0.15, -0.1) is 0 Å². The third-order valence-electron chi connectivity index (χ3n) is 4.96. The average Bonchev–Trinajstić information content (AvgIpc) is 2.93. The number of hydrogen-bond donors (Lipinski definition) is 1. The van der Waals surface area contributed by atoms with E-state index in [-0.39, 0.29) is 0 Å². The van der Waals surface area contributed by atoms with Gasteiger partial charge in [0.1, 0.15) is 5.75 Å². The summed E-state index contributed by atoms with van der Waals surface area (Å²) in [5.74, 6) is 2.59. The number of piperazine rings is 1. The molecular formula is C17H27N3O. The van der Waals surface area contributed by atoms with Gasteiger partial charge < -0.3 is 15.0 Å². The van der Waals surface area contributed by atoms with E-state index < -0.39 is 0 Å². The monoisotopic (exact) mass is 289 g/mol. The van der Waals surface area contributed by atoms with Gasteiger partial charge in [0.25, 0.3) is 0 Å². The van der Waals surface area contributed by atoms with Crippen LogP contribution in [-0.4, -0.2) is 57.8 Å². The molecule has 0 spiro atoms. The van der Waals surface area contributed by atoms with Crippen LogP contribution in [-0.2, 0) is 0 Å². The number of benzene rings is 1. The Kier molecular flexibility index (Phi) is 4.66. The Labute approximate surface area is 128 Å². The highest BCUT2D eigenvalue weighted by Crippen LogP contribution is 2.23. The minimum atomic E-state index is 0.821. The Balaban J connectivity index is 1.52. The molecule has 21 heavy (non-hydrogen) atoms. The van der Waals surface area contributed by atoms with Gasteiger partial charge >= 0.3 is 0 Å². The van der Waals surface area contributed by atoms with Gasteiger partial charge in [0.05, 0.1) is 7.11 Å². The molecular weight excluding hydrogens is 262 g/mol. The molecule has 3 rings (SSSR count). The number of anilines is 1. The molecule has 2 aliphatic rings. The summed E-state index contributed by atoms with van der Waals surface area (Å²) in [6, 6.07) is 8.40. The van der Waals surface area contributed by atoms with Crippen molar-refractivity contribution in [2.75, 3.05) is 57.8 Å². The van der Waals surface area contributed by atoms with Crippen LogP contribution < -0.4 is 15.0 Å². The molecule has 0 aliphatic carbocycles. The standard InChI is InChI=1S/C17H27N3O/c1-14-11-18-12-15(14)13-19-6-8-20(9-7-19)16-4-3-5-17(10-16)21-2/h3-5,10,14-15,18H,6-9,11-13H2,1-2H3/t14-,15+/m1/s1. The summed E-state index contributed by atoms with van der Waals surface area (Å²) in [6.45, 7) is 10.6. The van der Waals surface area contributed by atoms with Gasteiger partial charge in [-0.1, -0.05) is 13.0 Å². The molecule has 2 atom stereocenters.